The van der Waals surface area contributed by atoms with E-state index in [2.05, 4.69) is 10.6 Å². The lowest BCUT2D eigenvalue weighted by Crippen LogP contribution is -2.20. The van der Waals surface area contributed by atoms with Gasteiger partial charge in [-0.1, -0.05) is 30.3 Å². The number of amides is 1. The molecular formula is C23H24N2O3. The van der Waals surface area contributed by atoms with Gasteiger partial charge in [0.25, 0.3) is 0 Å². The third kappa shape index (κ3) is 5.27. The third-order valence-electron chi connectivity index (χ3n) is 4.40. The first-order valence-corrected chi connectivity index (χ1v) is 9.07. The molecule has 28 heavy (non-hydrogen) atoms. The van der Waals surface area contributed by atoms with Crippen LogP contribution in [-0.4, -0.2) is 20.1 Å². The number of hydrogen-bond donors (Lipinski definition) is 2. The van der Waals surface area contributed by atoms with Gasteiger partial charge in [-0.3, -0.25) is 4.79 Å². The molecule has 3 aromatic rings. The highest BCUT2D eigenvalue weighted by molar-refractivity contribution is 5.91. The van der Waals surface area contributed by atoms with Gasteiger partial charge in [0.05, 0.1) is 26.7 Å². The lowest BCUT2D eigenvalue weighted by molar-refractivity contribution is -0.116. The van der Waals surface area contributed by atoms with Crippen molar-refractivity contribution in [3.63, 3.8) is 0 Å². The van der Waals surface area contributed by atoms with E-state index in [9.17, 15) is 4.79 Å². The lowest BCUT2D eigenvalue weighted by atomic mass is 10.0. The number of hydrogen-bond acceptors (Lipinski definition) is 4. The van der Waals surface area contributed by atoms with Crippen LogP contribution >= 0.6 is 0 Å². The van der Waals surface area contributed by atoms with E-state index in [1.54, 1.807) is 14.2 Å². The van der Waals surface area contributed by atoms with Gasteiger partial charge in [0, 0.05) is 11.4 Å². The Balaban J connectivity index is 1.71. The normalized spacial score (nSPS) is 11.4. The molecule has 1 amide bonds. The van der Waals surface area contributed by atoms with Gasteiger partial charge in [0.15, 0.2) is 0 Å². The van der Waals surface area contributed by atoms with Gasteiger partial charge in [-0.25, -0.2) is 0 Å². The second-order valence-corrected chi connectivity index (χ2v) is 6.32. The molecule has 0 aliphatic rings. The zero-order chi connectivity index (χ0) is 19.8. The highest BCUT2D eigenvalue weighted by Crippen LogP contribution is 2.25. The van der Waals surface area contributed by atoms with Crippen LogP contribution < -0.4 is 20.1 Å². The fraction of sp³-hybridized carbons (Fsp3) is 0.174. The molecule has 0 aliphatic heterocycles. The maximum Gasteiger partial charge on any atom is 0.226 e. The van der Waals surface area contributed by atoms with Crippen molar-refractivity contribution in [3.05, 3.63) is 84.4 Å². The fourth-order valence-corrected chi connectivity index (χ4v) is 2.90. The van der Waals surface area contributed by atoms with Crippen molar-refractivity contribution in [1.29, 1.82) is 0 Å². The smallest absolute Gasteiger partial charge is 0.226 e. The SMILES string of the molecule is COc1ccc(NC(=O)CC(Nc2ccc(OC)cc2)c2ccccc2)cc1. The Hall–Kier alpha value is -3.47. The van der Waals surface area contributed by atoms with E-state index < -0.39 is 0 Å². The topological polar surface area (TPSA) is 59.6 Å². The average Bonchev–Trinajstić information content (AvgIpc) is 2.75. The zero-order valence-electron chi connectivity index (χ0n) is 16.0. The van der Waals surface area contributed by atoms with Crippen molar-refractivity contribution in [3.8, 4) is 11.5 Å². The Kier molecular flexibility index (Phi) is 6.52. The largest absolute Gasteiger partial charge is 0.497 e. The van der Waals surface area contributed by atoms with Gasteiger partial charge in [-0.15, -0.1) is 0 Å². The molecule has 2 N–H and O–H groups in total. The molecule has 0 aromatic heterocycles. The molecule has 5 nitrogen and oxygen atoms in total. The molecule has 1 unspecified atom stereocenters. The Morgan fingerprint density at radius 1 is 0.786 bits per heavy atom. The van der Waals surface area contributed by atoms with Gasteiger partial charge in [0.1, 0.15) is 11.5 Å². The summed E-state index contributed by atoms with van der Waals surface area (Å²) < 4.78 is 10.4. The minimum atomic E-state index is -0.159. The second-order valence-electron chi connectivity index (χ2n) is 6.32. The maximum atomic E-state index is 12.6. The number of methoxy groups -OCH3 is 2. The van der Waals surface area contributed by atoms with Gasteiger partial charge in [-0.05, 0) is 54.1 Å². The van der Waals surface area contributed by atoms with Crippen LogP contribution in [0.5, 0.6) is 11.5 Å². The average molecular weight is 376 g/mol. The van der Waals surface area contributed by atoms with Gasteiger partial charge in [-0.2, -0.15) is 0 Å². The lowest BCUT2D eigenvalue weighted by Gasteiger charge is -2.20. The van der Waals surface area contributed by atoms with E-state index in [1.165, 1.54) is 0 Å². The molecule has 3 aromatic carbocycles. The first kappa shape index (κ1) is 19.3. The number of benzene rings is 3. The summed E-state index contributed by atoms with van der Waals surface area (Å²) in [5.41, 5.74) is 2.71. The Morgan fingerprint density at radius 3 is 1.86 bits per heavy atom. The number of carbonyl (C=O) groups is 1. The quantitative estimate of drug-likeness (QED) is 0.588. The van der Waals surface area contributed by atoms with Crippen molar-refractivity contribution in [2.24, 2.45) is 0 Å². The van der Waals surface area contributed by atoms with Crippen LogP contribution in [0.1, 0.15) is 18.0 Å². The summed E-state index contributed by atoms with van der Waals surface area (Å²) in [6, 6.07) is 24.7. The van der Waals surface area contributed by atoms with Crippen molar-refractivity contribution < 1.29 is 14.3 Å². The van der Waals surface area contributed by atoms with Gasteiger partial charge < -0.3 is 20.1 Å². The summed E-state index contributed by atoms with van der Waals surface area (Å²) in [7, 11) is 3.25. The van der Waals surface area contributed by atoms with Crippen LogP contribution in [0.25, 0.3) is 0 Å². The summed E-state index contributed by atoms with van der Waals surface area (Å²) in [6.45, 7) is 0. The van der Waals surface area contributed by atoms with Crippen LogP contribution in [-0.2, 0) is 4.79 Å². The summed E-state index contributed by atoms with van der Waals surface area (Å²) >= 11 is 0. The number of nitrogens with one attached hydrogen (secondary N) is 2. The van der Waals surface area contributed by atoms with Crippen LogP contribution in [0, 0.1) is 0 Å². The summed E-state index contributed by atoms with van der Waals surface area (Å²) in [4.78, 5) is 12.6. The number of ether oxygens (including phenoxy) is 2. The molecule has 0 saturated carbocycles. The molecule has 0 aliphatic carbocycles. The van der Waals surface area contributed by atoms with Crippen LogP contribution in [0.2, 0.25) is 0 Å². The van der Waals surface area contributed by atoms with Crippen molar-refractivity contribution in [2.45, 2.75) is 12.5 Å². The highest BCUT2D eigenvalue weighted by atomic mass is 16.5. The predicted molar refractivity (Wildman–Crippen MR) is 112 cm³/mol. The van der Waals surface area contributed by atoms with E-state index >= 15 is 0 Å². The number of carbonyl (C=O) groups excluding carboxylic acids is 1. The van der Waals surface area contributed by atoms with E-state index in [0.29, 0.717) is 6.42 Å². The monoisotopic (exact) mass is 376 g/mol. The van der Waals surface area contributed by atoms with Crippen LogP contribution in [0.3, 0.4) is 0 Å². The molecule has 0 heterocycles. The minimum absolute atomic E-state index is 0.0694. The van der Waals surface area contributed by atoms with Crippen LogP contribution in [0.4, 0.5) is 11.4 Å². The Morgan fingerprint density at radius 2 is 1.32 bits per heavy atom. The van der Waals surface area contributed by atoms with E-state index in [0.717, 1.165) is 28.4 Å². The molecule has 1 atom stereocenters. The Labute approximate surface area is 165 Å². The van der Waals surface area contributed by atoms with Crippen molar-refractivity contribution in [2.75, 3.05) is 24.9 Å². The maximum absolute atomic E-state index is 12.6. The third-order valence-corrected chi connectivity index (χ3v) is 4.40. The van der Waals surface area contributed by atoms with E-state index in [-0.39, 0.29) is 11.9 Å². The molecule has 0 saturated heterocycles. The zero-order valence-corrected chi connectivity index (χ0v) is 16.0. The number of anilines is 2. The molecule has 0 bridgehead atoms. The molecular weight excluding hydrogens is 352 g/mol. The summed E-state index contributed by atoms with van der Waals surface area (Å²) in [5, 5.41) is 6.39. The molecule has 3 rings (SSSR count). The molecule has 144 valence electrons. The molecule has 0 spiro atoms. The highest BCUT2D eigenvalue weighted by Gasteiger charge is 2.16. The van der Waals surface area contributed by atoms with Gasteiger partial charge >= 0.3 is 0 Å². The van der Waals surface area contributed by atoms with E-state index in [4.69, 9.17) is 9.47 Å². The predicted octanol–water partition coefficient (Wildman–Crippen LogP) is 4.89. The minimum Gasteiger partial charge on any atom is -0.497 e. The standard InChI is InChI=1S/C23H24N2O3/c1-27-20-12-8-18(9-13-20)24-22(17-6-4-3-5-7-17)16-23(26)25-19-10-14-21(28-2)15-11-19/h3-15,22,24H,16H2,1-2H3,(H,25,26). The Bertz CT molecular complexity index is 878. The van der Waals surface area contributed by atoms with Crippen molar-refractivity contribution >= 4 is 17.3 Å². The van der Waals surface area contributed by atoms with E-state index in [1.807, 2.05) is 78.9 Å². The summed E-state index contributed by atoms with van der Waals surface area (Å²) in [6.07, 6.45) is 0.294. The molecule has 0 radical (unpaired) electrons. The first-order chi connectivity index (χ1) is 13.7. The number of rotatable bonds is 8. The summed E-state index contributed by atoms with van der Waals surface area (Å²) in [5.74, 6) is 1.47. The molecule has 5 heteroatoms. The fourth-order valence-electron chi connectivity index (χ4n) is 2.90. The van der Waals surface area contributed by atoms with Gasteiger partial charge in [0.2, 0.25) is 5.91 Å². The second kappa shape index (κ2) is 9.46. The first-order valence-electron chi connectivity index (χ1n) is 9.07. The van der Waals surface area contributed by atoms with Crippen LogP contribution in [0.15, 0.2) is 78.9 Å². The molecule has 0 fully saturated rings. The van der Waals surface area contributed by atoms with Crippen molar-refractivity contribution in [1.82, 2.24) is 0 Å².